The number of piperazine rings is 1. The second kappa shape index (κ2) is 5.34. The van der Waals surface area contributed by atoms with Gasteiger partial charge in [0.05, 0.1) is 13.0 Å². The molecule has 0 bridgehead atoms. The highest BCUT2D eigenvalue weighted by Crippen LogP contribution is 2.09. The first-order chi connectivity index (χ1) is 7.56. The van der Waals surface area contributed by atoms with Gasteiger partial charge in [-0.25, -0.2) is 0 Å². The molecule has 0 aromatic carbocycles. The molecule has 1 saturated heterocycles. The summed E-state index contributed by atoms with van der Waals surface area (Å²) in [6, 6.07) is -1.04. The van der Waals surface area contributed by atoms with Gasteiger partial charge < -0.3 is 24.9 Å². The van der Waals surface area contributed by atoms with Gasteiger partial charge in [0.15, 0.2) is 0 Å². The Kier molecular flexibility index (Phi) is 4.10. The van der Waals surface area contributed by atoms with E-state index >= 15 is 0 Å². The standard InChI is InChI=1S/C9H14N2O5/c1-2-16-7(12)5-6-8(13)10-3-4-11(6)9(14)15/h6H,2-5H2,1H3,(H,10,13)(H,14,15)/p-1. The van der Waals surface area contributed by atoms with E-state index < -0.39 is 24.0 Å². The molecule has 90 valence electrons. The van der Waals surface area contributed by atoms with Crippen molar-refractivity contribution in [3.63, 3.8) is 0 Å². The summed E-state index contributed by atoms with van der Waals surface area (Å²) >= 11 is 0. The zero-order chi connectivity index (χ0) is 12.1. The summed E-state index contributed by atoms with van der Waals surface area (Å²) in [5.74, 6) is -1.10. The number of nitrogens with one attached hydrogen (secondary N) is 1. The van der Waals surface area contributed by atoms with Crippen molar-refractivity contribution in [2.75, 3.05) is 19.7 Å². The first kappa shape index (κ1) is 12.3. The van der Waals surface area contributed by atoms with Gasteiger partial charge in [-0.1, -0.05) is 0 Å². The molecule has 1 rings (SSSR count). The van der Waals surface area contributed by atoms with Crippen LogP contribution < -0.4 is 10.4 Å². The van der Waals surface area contributed by atoms with Gasteiger partial charge >= 0.3 is 5.97 Å². The molecule has 16 heavy (non-hydrogen) atoms. The Morgan fingerprint density at radius 3 is 2.88 bits per heavy atom. The van der Waals surface area contributed by atoms with Gasteiger partial charge in [0.25, 0.3) is 0 Å². The summed E-state index contributed by atoms with van der Waals surface area (Å²) in [4.78, 5) is 34.2. The van der Waals surface area contributed by atoms with Gasteiger partial charge in [0, 0.05) is 13.1 Å². The van der Waals surface area contributed by atoms with Crippen molar-refractivity contribution >= 4 is 18.0 Å². The summed E-state index contributed by atoms with van der Waals surface area (Å²) < 4.78 is 4.66. The molecular formula is C9H13N2O5-. The van der Waals surface area contributed by atoms with E-state index in [0.717, 1.165) is 4.90 Å². The molecule has 7 nitrogen and oxygen atoms in total. The number of carbonyl (C=O) groups excluding carboxylic acids is 3. The van der Waals surface area contributed by atoms with Crippen LogP contribution in [0.5, 0.6) is 0 Å². The third-order valence-electron chi connectivity index (χ3n) is 2.23. The van der Waals surface area contributed by atoms with Crippen molar-refractivity contribution in [3.8, 4) is 0 Å². The largest absolute Gasteiger partial charge is 0.530 e. The van der Waals surface area contributed by atoms with Crippen LogP contribution in [0.3, 0.4) is 0 Å². The van der Waals surface area contributed by atoms with Crippen LogP contribution in [0.25, 0.3) is 0 Å². The number of rotatable bonds is 3. The molecular weight excluding hydrogens is 216 g/mol. The molecule has 0 spiro atoms. The summed E-state index contributed by atoms with van der Waals surface area (Å²) in [5, 5.41) is 13.2. The molecule has 0 saturated carbocycles. The topological polar surface area (TPSA) is 98.8 Å². The van der Waals surface area contributed by atoms with Crippen molar-refractivity contribution in [3.05, 3.63) is 0 Å². The first-order valence-corrected chi connectivity index (χ1v) is 4.97. The molecule has 1 N–H and O–H groups in total. The van der Waals surface area contributed by atoms with E-state index in [9.17, 15) is 19.5 Å². The zero-order valence-electron chi connectivity index (χ0n) is 8.89. The molecule has 1 fully saturated rings. The van der Waals surface area contributed by atoms with Crippen LogP contribution in [0.1, 0.15) is 13.3 Å². The minimum Gasteiger partial charge on any atom is -0.530 e. The van der Waals surface area contributed by atoms with E-state index in [2.05, 4.69) is 10.1 Å². The van der Waals surface area contributed by atoms with Gasteiger partial charge in [-0.2, -0.15) is 0 Å². The Hall–Kier alpha value is -1.79. The minimum absolute atomic E-state index is 0.123. The van der Waals surface area contributed by atoms with E-state index in [4.69, 9.17) is 0 Å². The average molecular weight is 229 g/mol. The molecule has 1 atom stereocenters. The van der Waals surface area contributed by atoms with Gasteiger partial charge in [-0.15, -0.1) is 0 Å². The molecule has 0 aromatic rings. The maximum Gasteiger partial charge on any atom is 0.308 e. The van der Waals surface area contributed by atoms with E-state index in [-0.39, 0.29) is 26.1 Å². The number of carbonyl (C=O) groups is 3. The van der Waals surface area contributed by atoms with E-state index in [1.165, 1.54) is 0 Å². The van der Waals surface area contributed by atoms with Crippen LogP contribution in [-0.2, 0) is 14.3 Å². The maximum atomic E-state index is 11.4. The van der Waals surface area contributed by atoms with Crippen LogP contribution in [-0.4, -0.2) is 48.6 Å². The van der Waals surface area contributed by atoms with Gasteiger partial charge in [-0.05, 0) is 6.92 Å². The summed E-state index contributed by atoms with van der Waals surface area (Å²) in [5.41, 5.74) is 0. The third-order valence-corrected chi connectivity index (χ3v) is 2.23. The molecule has 0 aliphatic carbocycles. The van der Waals surface area contributed by atoms with Crippen LogP contribution in [0.15, 0.2) is 0 Å². The SMILES string of the molecule is CCOC(=O)CC1C(=O)NCCN1C(=O)[O-]. The molecule has 1 aliphatic heterocycles. The molecule has 0 radical (unpaired) electrons. The van der Waals surface area contributed by atoms with Crippen molar-refractivity contribution in [2.24, 2.45) is 0 Å². The highest BCUT2D eigenvalue weighted by molar-refractivity contribution is 5.89. The first-order valence-electron chi connectivity index (χ1n) is 4.97. The highest BCUT2D eigenvalue weighted by Gasteiger charge is 2.31. The Morgan fingerprint density at radius 2 is 2.31 bits per heavy atom. The summed E-state index contributed by atoms with van der Waals surface area (Å²) in [6.45, 7) is 2.18. The van der Waals surface area contributed by atoms with Crippen molar-refractivity contribution in [1.29, 1.82) is 0 Å². The van der Waals surface area contributed by atoms with Crippen LogP contribution in [0, 0.1) is 0 Å². The number of nitrogens with zero attached hydrogens (tertiary/aromatic N) is 1. The quantitative estimate of drug-likeness (QED) is 0.569. The zero-order valence-corrected chi connectivity index (χ0v) is 8.89. The second-order valence-corrected chi connectivity index (χ2v) is 3.28. The Bertz CT molecular complexity index is 304. The van der Waals surface area contributed by atoms with E-state index in [1.54, 1.807) is 6.92 Å². The van der Waals surface area contributed by atoms with Crippen LogP contribution in [0.4, 0.5) is 4.79 Å². The fraction of sp³-hybridized carbons (Fsp3) is 0.667. The fourth-order valence-corrected chi connectivity index (χ4v) is 1.51. The number of hydrogen-bond donors (Lipinski definition) is 1. The Balaban J connectivity index is 2.67. The third kappa shape index (κ3) is 2.85. The van der Waals surface area contributed by atoms with Crippen molar-refractivity contribution in [2.45, 2.75) is 19.4 Å². The molecule has 7 heteroatoms. The maximum absolute atomic E-state index is 11.4. The fourth-order valence-electron chi connectivity index (χ4n) is 1.51. The molecule has 0 aromatic heterocycles. The number of amides is 2. The van der Waals surface area contributed by atoms with Gasteiger partial charge in [0.1, 0.15) is 12.1 Å². The lowest BCUT2D eigenvalue weighted by Crippen LogP contribution is -2.60. The molecule has 2 amide bonds. The minimum atomic E-state index is -1.45. The lowest BCUT2D eigenvalue weighted by molar-refractivity contribution is -0.268. The second-order valence-electron chi connectivity index (χ2n) is 3.28. The Morgan fingerprint density at radius 1 is 1.62 bits per heavy atom. The highest BCUT2D eigenvalue weighted by atomic mass is 16.5. The lowest BCUT2D eigenvalue weighted by Gasteiger charge is -2.36. The summed E-state index contributed by atoms with van der Waals surface area (Å²) in [7, 11) is 0. The average Bonchev–Trinajstić information content (AvgIpc) is 2.21. The smallest absolute Gasteiger partial charge is 0.308 e. The normalized spacial score (nSPS) is 20.2. The predicted octanol–water partition coefficient (Wildman–Crippen LogP) is -1.92. The molecule has 1 unspecified atom stereocenters. The van der Waals surface area contributed by atoms with Crippen molar-refractivity contribution < 1.29 is 24.2 Å². The number of esters is 1. The summed E-state index contributed by atoms with van der Waals surface area (Å²) in [6.07, 6.45) is -1.74. The number of hydrogen-bond acceptors (Lipinski definition) is 5. The monoisotopic (exact) mass is 229 g/mol. The van der Waals surface area contributed by atoms with Crippen LogP contribution in [0.2, 0.25) is 0 Å². The molecule has 1 aliphatic rings. The number of ether oxygens (including phenoxy) is 1. The number of carboxylic acid groups (broad SMARTS) is 1. The van der Waals surface area contributed by atoms with E-state index in [1.807, 2.05) is 0 Å². The van der Waals surface area contributed by atoms with E-state index in [0.29, 0.717) is 0 Å². The Labute approximate surface area is 92.4 Å². The van der Waals surface area contributed by atoms with Crippen LogP contribution >= 0.6 is 0 Å². The lowest BCUT2D eigenvalue weighted by atomic mass is 10.1. The molecule has 1 heterocycles. The van der Waals surface area contributed by atoms with Gasteiger partial charge in [-0.3, -0.25) is 9.59 Å². The van der Waals surface area contributed by atoms with Crippen molar-refractivity contribution in [1.82, 2.24) is 10.2 Å². The van der Waals surface area contributed by atoms with Gasteiger partial charge in [0.2, 0.25) is 5.91 Å². The predicted molar refractivity (Wildman–Crippen MR) is 50.1 cm³/mol.